The summed E-state index contributed by atoms with van der Waals surface area (Å²) in [5.41, 5.74) is 2.09. The molecule has 1 aliphatic rings. The minimum Gasteiger partial charge on any atom is -0.490 e. The summed E-state index contributed by atoms with van der Waals surface area (Å²) in [6, 6.07) is 6.14. The number of ether oxygens (including phenoxy) is 2. The van der Waals surface area contributed by atoms with E-state index in [1.54, 1.807) is 11.3 Å². The molecule has 4 nitrogen and oxygen atoms in total. The van der Waals surface area contributed by atoms with E-state index in [-0.39, 0.29) is 6.04 Å². The van der Waals surface area contributed by atoms with Crippen LogP contribution in [-0.4, -0.2) is 18.2 Å². The summed E-state index contributed by atoms with van der Waals surface area (Å²) < 4.78 is 11.3. The lowest BCUT2D eigenvalue weighted by Crippen LogP contribution is -2.07. The van der Waals surface area contributed by atoms with Crippen LogP contribution in [0.15, 0.2) is 23.6 Å². The molecular formula is C15H18N2O2S. The lowest BCUT2D eigenvalue weighted by Gasteiger charge is -2.15. The third kappa shape index (κ3) is 2.88. The van der Waals surface area contributed by atoms with Crippen LogP contribution in [0.2, 0.25) is 0 Å². The van der Waals surface area contributed by atoms with E-state index in [1.165, 1.54) is 0 Å². The van der Waals surface area contributed by atoms with Gasteiger partial charge in [-0.15, -0.1) is 11.3 Å². The average Bonchev–Trinajstić information content (AvgIpc) is 2.74. The SMILES string of the molecule is Cc1nc(C(C)Nc2ccc3c(c2)OCCCO3)cs1. The van der Waals surface area contributed by atoms with E-state index >= 15 is 0 Å². The Hall–Kier alpha value is -1.75. The van der Waals surface area contributed by atoms with Gasteiger partial charge in [0.05, 0.1) is 30.0 Å². The number of nitrogens with one attached hydrogen (secondary N) is 1. The molecule has 0 amide bonds. The second-order valence-corrected chi connectivity index (χ2v) is 5.93. The van der Waals surface area contributed by atoms with E-state index < -0.39 is 0 Å². The Bertz CT molecular complexity index is 597. The van der Waals surface area contributed by atoms with Crippen LogP contribution in [-0.2, 0) is 0 Å². The second-order valence-electron chi connectivity index (χ2n) is 4.87. The molecule has 1 aliphatic heterocycles. The average molecular weight is 290 g/mol. The van der Waals surface area contributed by atoms with Crippen molar-refractivity contribution in [1.82, 2.24) is 4.98 Å². The molecule has 2 heterocycles. The van der Waals surface area contributed by atoms with Gasteiger partial charge in [0.1, 0.15) is 0 Å². The van der Waals surface area contributed by atoms with Gasteiger partial charge >= 0.3 is 0 Å². The second kappa shape index (κ2) is 5.71. The van der Waals surface area contributed by atoms with Crippen molar-refractivity contribution in [2.45, 2.75) is 26.3 Å². The predicted octanol–water partition coefficient (Wildman–Crippen LogP) is 3.79. The Morgan fingerprint density at radius 3 is 2.80 bits per heavy atom. The molecule has 1 aromatic heterocycles. The summed E-state index contributed by atoms with van der Waals surface area (Å²) in [5.74, 6) is 1.64. The first kappa shape index (κ1) is 13.2. The van der Waals surface area contributed by atoms with E-state index in [0.29, 0.717) is 13.2 Å². The molecule has 3 rings (SSSR count). The number of hydrogen-bond acceptors (Lipinski definition) is 5. The zero-order valence-electron chi connectivity index (χ0n) is 11.7. The van der Waals surface area contributed by atoms with Crippen LogP contribution >= 0.6 is 11.3 Å². The summed E-state index contributed by atoms with van der Waals surface area (Å²) >= 11 is 1.67. The zero-order valence-corrected chi connectivity index (χ0v) is 12.5. The molecular weight excluding hydrogens is 272 g/mol. The number of aromatic nitrogens is 1. The maximum Gasteiger partial charge on any atom is 0.163 e. The molecule has 106 valence electrons. The van der Waals surface area contributed by atoms with Gasteiger partial charge in [0, 0.05) is 23.6 Å². The van der Waals surface area contributed by atoms with Gasteiger partial charge in [0.15, 0.2) is 11.5 Å². The highest BCUT2D eigenvalue weighted by molar-refractivity contribution is 7.09. The quantitative estimate of drug-likeness (QED) is 0.934. The first-order chi connectivity index (χ1) is 9.72. The minimum absolute atomic E-state index is 0.171. The van der Waals surface area contributed by atoms with E-state index in [2.05, 4.69) is 22.6 Å². The van der Waals surface area contributed by atoms with Gasteiger partial charge in [0.2, 0.25) is 0 Å². The van der Waals surface area contributed by atoms with E-state index in [1.807, 2.05) is 25.1 Å². The molecule has 1 N–H and O–H groups in total. The number of aryl methyl sites for hydroxylation is 1. The highest BCUT2D eigenvalue weighted by Crippen LogP contribution is 2.33. The summed E-state index contributed by atoms with van der Waals surface area (Å²) in [7, 11) is 0. The Morgan fingerprint density at radius 1 is 1.25 bits per heavy atom. The molecule has 0 spiro atoms. The van der Waals surface area contributed by atoms with Crippen molar-refractivity contribution in [2.24, 2.45) is 0 Å². The van der Waals surface area contributed by atoms with Gasteiger partial charge in [-0.2, -0.15) is 0 Å². The highest BCUT2D eigenvalue weighted by Gasteiger charge is 2.13. The molecule has 5 heteroatoms. The molecule has 0 radical (unpaired) electrons. The Kier molecular flexibility index (Phi) is 3.78. The van der Waals surface area contributed by atoms with Crippen LogP contribution in [0.4, 0.5) is 5.69 Å². The van der Waals surface area contributed by atoms with Crippen molar-refractivity contribution in [3.8, 4) is 11.5 Å². The first-order valence-electron chi connectivity index (χ1n) is 6.80. The molecule has 0 aliphatic carbocycles. The molecule has 0 fully saturated rings. The van der Waals surface area contributed by atoms with Crippen LogP contribution in [0.3, 0.4) is 0 Å². The fourth-order valence-corrected chi connectivity index (χ4v) is 2.86. The maximum atomic E-state index is 5.70. The monoisotopic (exact) mass is 290 g/mol. The van der Waals surface area contributed by atoms with E-state index in [4.69, 9.17) is 9.47 Å². The first-order valence-corrected chi connectivity index (χ1v) is 7.68. The summed E-state index contributed by atoms with van der Waals surface area (Å²) in [6.45, 7) is 5.55. The van der Waals surface area contributed by atoms with Gasteiger partial charge in [-0.1, -0.05) is 0 Å². The van der Waals surface area contributed by atoms with Gasteiger partial charge in [-0.3, -0.25) is 0 Å². The molecule has 2 aromatic rings. The number of rotatable bonds is 3. The Labute approximate surface area is 122 Å². The largest absolute Gasteiger partial charge is 0.490 e. The fraction of sp³-hybridized carbons (Fsp3) is 0.400. The Morgan fingerprint density at radius 2 is 2.05 bits per heavy atom. The van der Waals surface area contributed by atoms with Gasteiger partial charge in [-0.05, 0) is 26.0 Å². The van der Waals surface area contributed by atoms with Crippen molar-refractivity contribution < 1.29 is 9.47 Å². The number of nitrogens with zero attached hydrogens (tertiary/aromatic N) is 1. The van der Waals surface area contributed by atoms with Crippen molar-refractivity contribution in [3.63, 3.8) is 0 Å². The maximum absolute atomic E-state index is 5.70. The summed E-state index contributed by atoms with van der Waals surface area (Å²) in [5, 5.41) is 6.63. The molecule has 1 unspecified atom stereocenters. The number of thiazole rings is 1. The number of fused-ring (bicyclic) bond motifs is 1. The number of anilines is 1. The third-order valence-corrected chi connectivity index (χ3v) is 4.00. The van der Waals surface area contributed by atoms with Crippen molar-refractivity contribution in [2.75, 3.05) is 18.5 Å². The minimum atomic E-state index is 0.171. The van der Waals surface area contributed by atoms with Gasteiger partial charge in [0.25, 0.3) is 0 Å². The van der Waals surface area contributed by atoms with Crippen molar-refractivity contribution >= 4 is 17.0 Å². The lowest BCUT2D eigenvalue weighted by molar-refractivity contribution is 0.297. The third-order valence-electron chi connectivity index (χ3n) is 3.21. The van der Waals surface area contributed by atoms with Crippen LogP contribution in [0.1, 0.15) is 30.1 Å². The van der Waals surface area contributed by atoms with Crippen molar-refractivity contribution in [3.05, 3.63) is 34.3 Å². The highest BCUT2D eigenvalue weighted by atomic mass is 32.1. The standard InChI is InChI=1S/C15H18N2O2S/c1-10(13-9-20-11(2)17-13)16-12-4-5-14-15(8-12)19-7-3-6-18-14/h4-5,8-10,16H,3,6-7H2,1-2H3. The van der Waals surface area contributed by atoms with E-state index in [0.717, 1.165) is 34.3 Å². The summed E-state index contributed by atoms with van der Waals surface area (Å²) in [4.78, 5) is 4.51. The number of hydrogen-bond donors (Lipinski definition) is 1. The normalized spacial score (nSPS) is 15.5. The molecule has 0 saturated heterocycles. The molecule has 20 heavy (non-hydrogen) atoms. The molecule has 0 saturated carbocycles. The fourth-order valence-electron chi connectivity index (χ4n) is 2.16. The smallest absolute Gasteiger partial charge is 0.163 e. The predicted molar refractivity (Wildman–Crippen MR) is 80.9 cm³/mol. The molecule has 0 bridgehead atoms. The van der Waals surface area contributed by atoms with Gasteiger partial charge in [-0.25, -0.2) is 4.98 Å². The van der Waals surface area contributed by atoms with Crippen LogP contribution in [0, 0.1) is 6.92 Å². The topological polar surface area (TPSA) is 43.4 Å². The zero-order chi connectivity index (χ0) is 13.9. The van der Waals surface area contributed by atoms with Crippen molar-refractivity contribution in [1.29, 1.82) is 0 Å². The van der Waals surface area contributed by atoms with Crippen LogP contribution in [0.25, 0.3) is 0 Å². The summed E-state index contributed by atoms with van der Waals surface area (Å²) in [6.07, 6.45) is 0.923. The molecule has 1 aromatic carbocycles. The Balaban J connectivity index is 1.76. The van der Waals surface area contributed by atoms with Crippen LogP contribution < -0.4 is 14.8 Å². The van der Waals surface area contributed by atoms with Gasteiger partial charge < -0.3 is 14.8 Å². The van der Waals surface area contributed by atoms with E-state index in [9.17, 15) is 0 Å². The lowest BCUT2D eigenvalue weighted by atomic mass is 10.2. The number of benzene rings is 1. The van der Waals surface area contributed by atoms with Crippen LogP contribution in [0.5, 0.6) is 11.5 Å². The molecule has 1 atom stereocenters.